The minimum Gasteiger partial charge on any atom is -0.393 e. The van der Waals surface area contributed by atoms with Crippen molar-refractivity contribution in [1.82, 2.24) is 9.97 Å². The zero-order valence-electron chi connectivity index (χ0n) is 16.4. The molecule has 3 N–H and O–H groups in total. The van der Waals surface area contributed by atoms with Gasteiger partial charge in [-0.1, -0.05) is 35.6 Å². The van der Waals surface area contributed by atoms with Crippen LogP contribution in [0.5, 0.6) is 0 Å². The second kappa shape index (κ2) is 7.75. The van der Waals surface area contributed by atoms with Crippen LogP contribution in [-0.4, -0.2) is 35.2 Å². The van der Waals surface area contributed by atoms with Crippen molar-refractivity contribution in [2.45, 2.75) is 11.0 Å². The second-order valence-corrected chi connectivity index (χ2v) is 9.99. The highest BCUT2D eigenvalue weighted by atomic mass is 32.2. The molecule has 32 heavy (non-hydrogen) atoms. The topological polar surface area (TPSA) is 112 Å². The number of rotatable bonds is 5. The van der Waals surface area contributed by atoms with Gasteiger partial charge in [0.25, 0.3) is 0 Å². The number of pyridine rings is 1. The van der Waals surface area contributed by atoms with Crippen LogP contribution in [0.15, 0.2) is 65.0 Å². The summed E-state index contributed by atoms with van der Waals surface area (Å²) in [5, 5.41) is 23.5. The lowest BCUT2D eigenvalue weighted by atomic mass is 10.0. The van der Waals surface area contributed by atoms with Crippen LogP contribution in [0.2, 0.25) is 0 Å². The fourth-order valence-corrected chi connectivity index (χ4v) is 5.78. The van der Waals surface area contributed by atoms with Crippen molar-refractivity contribution in [2.24, 2.45) is 0 Å². The molecule has 10 heteroatoms. The van der Waals surface area contributed by atoms with Crippen LogP contribution in [0.1, 0.15) is 17.2 Å². The zero-order chi connectivity index (χ0) is 22.5. The molecular formula is C22H16FN3O4S2. The van der Waals surface area contributed by atoms with Gasteiger partial charge in [-0.15, -0.1) is 0 Å². The molecule has 2 aromatic heterocycles. The van der Waals surface area contributed by atoms with E-state index in [0.29, 0.717) is 16.4 Å². The van der Waals surface area contributed by atoms with Crippen molar-refractivity contribution >= 4 is 42.2 Å². The molecule has 0 fully saturated rings. The Balaban J connectivity index is 1.50. The van der Waals surface area contributed by atoms with E-state index in [1.807, 2.05) is 24.3 Å². The summed E-state index contributed by atoms with van der Waals surface area (Å²) in [5.74, 6) is -0.730. The highest BCUT2D eigenvalue weighted by Crippen LogP contribution is 2.38. The average molecular weight is 470 g/mol. The quantitative estimate of drug-likeness (QED) is 0.408. The standard InChI is InChI=1S/C22H16FN3O4S2/c23-15-7-13(18(28)10-27)9-24-21(15)12-5-6-14-17(11-32(29,30)20(14)8-12)26-22-25-16-3-1-2-4-19(16)31-22/h1-9,11,18,27-28H,10H2,(H,25,26)/t18-/m1/s1. The Labute approximate surface area is 186 Å². The predicted molar refractivity (Wildman–Crippen MR) is 120 cm³/mol. The first kappa shape index (κ1) is 20.7. The van der Waals surface area contributed by atoms with Crippen molar-refractivity contribution in [3.05, 3.63) is 77.1 Å². The highest BCUT2D eigenvalue weighted by Gasteiger charge is 2.29. The van der Waals surface area contributed by atoms with E-state index in [1.54, 1.807) is 12.1 Å². The molecule has 3 heterocycles. The third-order valence-corrected chi connectivity index (χ3v) is 7.53. The van der Waals surface area contributed by atoms with Gasteiger partial charge in [0, 0.05) is 22.9 Å². The van der Waals surface area contributed by atoms with E-state index >= 15 is 0 Å². The number of sulfone groups is 1. The maximum atomic E-state index is 14.6. The van der Waals surface area contributed by atoms with Gasteiger partial charge in [0.05, 0.1) is 32.8 Å². The number of aromatic nitrogens is 2. The van der Waals surface area contributed by atoms with Gasteiger partial charge in [-0.05, 0) is 24.3 Å². The van der Waals surface area contributed by atoms with Crippen molar-refractivity contribution in [1.29, 1.82) is 0 Å². The Kier molecular flexibility index (Phi) is 5.01. The molecule has 2 aromatic carbocycles. The minimum atomic E-state index is -3.74. The highest BCUT2D eigenvalue weighted by molar-refractivity contribution is 7.95. The normalized spacial score (nSPS) is 15.4. The van der Waals surface area contributed by atoms with Crippen LogP contribution in [-0.2, 0) is 9.84 Å². The number of aliphatic hydroxyl groups excluding tert-OH is 2. The second-order valence-electron chi connectivity index (χ2n) is 7.20. The monoisotopic (exact) mass is 469 g/mol. The molecule has 1 atom stereocenters. The first-order valence-electron chi connectivity index (χ1n) is 9.54. The van der Waals surface area contributed by atoms with Crippen LogP contribution in [0.25, 0.3) is 27.2 Å². The molecular weight excluding hydrogens is 453 g/mol. The molecule has 0 aliphatic carbocycles. The molecule has 0 saturated heterocycles. The Bertz CT molecular complexity index is 1470. The number of thiazole rings is 1. The van der Waals surface area contributed by atoms with Gasteiger partial charge in [-0.25, -0.2) is 17.8 Å². The molecule has 1 aliphatic rings. The summed E-state index contributed by atoms with van der Waals surface area (Å²) in [6.07, 6.45) is 0.00568. The van der Waals surface area contributed by atoms with E-state index in [4.69, 9.17) is 5.11 Å². The molecule has 0 amide bonds. The maximum Gasteiger partial charge on any atom is 0.202 e. The lowest BCUT2D eigenvalue weighted by molar-refractivity contribution is 0.0951. The minimum absolute atomic E-state index is 0.0410. The van der Waals surface area contributed by atoms with Gasteiger partial charge in [-0.2, -0.15) is 0 Å². The zero-order valence-corrected chi connectivity index (χ0v) is 18.0. The fourth-order valence-electron chi connectivity index (χ4n) is 3.50. The lowest BCUT2D eigenvalue weighted by Crippen LogP contribution is -2.04. The Hall–Kier alpha value is -3.18. The van der Waals surface area contributed by atoms with E-state index in [1.165, 1.54) is 23.6 Å². The molecule has 4 aromatic rings. The summed E-state index contributed by atoms with van der Waals surface area (Å²) < 4.78 is 41.1. The number of nitrogens with one attached hydrogen (secondary N) is 1. The summed E-state index contributed by atoms with van der Waals surface area (Å²) in [5.41, 5.74) is 2.02. The number of benzene rings is 2. The summed E-state index contributed by atoms with van der Waals surface area (Å²) in [4.78, 5) is 8.54. The molecule has 1 aliphatic heterocycles. The van der Waals surface area contributed by atoms with E-state index in [0.717, 1.165) is 21.7 Å². The predicted octanol–water partition coefficient (Wildman–Crippen LogP) is 3.72. The fraction of sp³-hybridized carbons (Fsp3) is 0.0909. The summed E-state index contributed by atoms with van der Waals surface area (Å²) in [6, 6.07) is 13.2. The molecule has 0 radical (unpaired) electrons. The molecule has 0 spiro atoms. The lowest BCUT2D eigenvalue weighted by Gasteiger charge is -2.11. The van der Waals surface area contributed by atoms with Crippen LogP contribution >= 0.6 is 11.3 Å². The first-order chi connectivity index (χ1) is 15.4. The van der Waals surface area contributed by atoms with Crippen LogP contribution in [0, 0.1) is 5.82 Å². The summed E-state index contributed by atoms with van der Waals surface area (Å²) >= 11 is 1.41. The number of halogens is 1. The molecule has 0 unspecified atom stereocenters. The van der Waals surface area contributed by atoms with Gasteiger partial charge >= 0.3 is 0 Å². The first-order valence-corrected chi connectivity index (χ1v) is 11.9. The van der Waals surface area contributed by atoms with E-state index in [2.05, 4.69) is 15.3 Å². The number of hydrogen-bond donors (Lipinski definition) is 3. The number of nitrogens with zero attached hydrogens (tertiary/aromatic N) is 2. The molecule has 5 rings (SSSR count). The van der Waals surface area contributed by atoms with Gasteiger partial charge in [0.1, 0.15) is 17.6 Å². The van der Waals surface area contributed by atoms with Crippen molar-refractivity contribution in [2.75, 3.05) is 11.9 Å². The van der Waals surface area contributed by atoms with Crippen molar-refractivity contribution in [3.63, 3.8) is 0 Å². The summed E-state index contributed by atoms with van der Waals surface area (Å²) in [7, 11) is -3.74. The maximum absolute atomic E-state index is 14.6. The van der Waals surface area contributed by atoms with E-state index < -0.39 is 28.4 Å². The Morgan fingerprint density at radius 3 is 2.72 bits per heavy atom. The number of hydrogen-bond acceptors (Lipinski definition) is 8. The largest absolute Gasteiger partial charge is 0.393 e. The van der Waals surface area contributed by atoms with Gasteiger partial charge in [0.15, 0.2) is 5.13 Å². The molecule has 0 saturated carbocycles. The van der Waals surface area contributed by atoms with Gasteiger partial charge in [-0.3, -0.25) is 4.98 Å². The van der Waals surface area contributed by atoms with Crippen LogP contribution in [0.3, 0.4) is 0 Å². The third kappa shape index (κ3) is 3.56. The molecule has 7 nitrogen and oxygen atoms in total. The molecule has 0 bridgehead atoms. The van der Waals surface area contributed by atoms with Gasteiger partial charge < -0.3 is 15.5 Å². The number of para-hydroxylation sites is 1. The average Bonchev–Trinajstić information content (AvgIpc) is 3.30. The number of fused-ring (bicyclic) bond motifs is 2. The Morgan fingerprint density at radius 2 is 1.97 bits per heavy atom. The Morgan fingerprint density at radius 1 is 1.16 bits per heavy atom. The number of anilines is 1. The van der Waals surface area contributed by atoms with E-state index in [9.17, 15) is 17.9 Å². The van der Waals surface area contributed by atoms with Crippen molar-refractivity contribution in [3.8, 4) is 11.3 Å². The van der Waals surface area contributed by atoms with E-state index in [-0.39, 0.29) is 21.7 Å². The number of aliphatic hydroxyl groups is 2. The smallest absolute Gasteiger partial charge is 0.202 e. The third-order valence-electron chi connectivity index (χ3n) is 5.08. The summed E-state index contributed by atoms with van der Waals surface area (Å²) in [6.45, 7) is -0.562. The van der Waals surface area contributed by atoms with Crippen LogP contribution < -0.4 is 5.32 Å². The molecule has 162 valence electrons. The van der Waals surface area contributed by atoms with Gasteiger partial charge in [0.2, 0.25) is 9.84 Å². The van der Waals surface area contributed by atoms with Crippen molar-refractivity contribution < 1.29 is 23.0 Å². The van der Waals surface area contributed by atoms with Crippen LogP contribution in [0.4, 0.5) is 9.52 Å². The SMILES string of the molecule is O=S1(=O)C=C(Nc2nc3ccccc3s2)c2ccc(-c3ncc([C@H](O)CO)cc3F)cc21.